The third-order valence-corrected chi connectivity index (χ3v) is 3.78. The minimum Gasteiger partial charge on any atom is -0.370 e. The number of hydrogen-bond acceptors (Lipinski definition) is 5. The Morgan fingerprint density at radius 1 is 1.32 bits per heavy atom. The van der Waals surface area contributed by atoms with Crippen molar-refractivity contribution >= 4 is 15.8 Å². The van der Waals surface area contributed by atoms with Crippen molar-refractivity contribution in [3.8, 4) is 0 Å². The minimum absolute atomic E-state index is 0.115. The van der Waals surface area contributed by atoms with Crippen molar-refractivity contribution in [1.29, 1.82) is 0 Å². The molecule has 0 aliphatic heterocycles. The van der Waals surface area contributed by atoms with E-state index in [1.54, 1.807) is 18.5 Å². The van der Waals surface area contributed by atoms with E-state index in [1.807, 2.05) is 6.92 Å². The third-order valence-electron chi connectivity index (χ3n) is 2.39. The molecular formula is C11H15N5O2S. The van der Waals surface area contributed by atoms with E-state index in [0.717, 1.165) is 6.54 Å². The largest absolute Gasteiger partial charge is 0.370 e. The maximum Gasteiger partial charge on any atom is 0.242 e. The fourth-order valence-corrected chi connectivity index (χ4v) is 2.40. The van der Waals surface area contributed by atoms with Crippen LogP contribution in [0.3, 0.4) is 0 Å². The number of rotatable bonds is 6. The van der Waals surface area contributed by atoms with Crippen molar-refractivity contribution in [3.63, 3.8) is 0 Å². The van der Waals surface area contributed by atoms with Crippen molar-refractivity contribution in [3.05, 3.63) is 36.5 Å². The summed E-state index contributed by atoms with van der Waals surface area (Å²) in [4.78, 5) is 10.9. The summed E-state index contributed by atoms with van der Waals surface area (Å²) in [7, 11) is -3.57. The zero-order valence-corrected chi connectivity index (χ0v) is 11.2. The van der Waals surface area contributed by atoms with E-state index >= 15 is 0 Å². The summed E-state index contributed by atoms with van der Waals surface area (Å²) in [5, 5.41) is 3.00. The summed E-state index contributed by atoms with van der Waals surface area (Å²) in [6.07, 6.45) is 4.52. The number of hydrogen-bond donors (Lipinski definition) is 3. The molecule has 3 N–H and O–H groups in total. The van der Waals surface area contributed by atoms with Crippen LogP contribution in [0.4, 0.5) is 5.82 Å². The summed E-state index contributed by atoms with van der Waals surface area (Å²) in [6, 6.07) is 3.14. The first-order valence-corrected chi connectivity index (χ1v) is 7.28. The number of H-pyrrole nitrogens is 1. The average molecular weight is 281 g/mol. The van der Waals surface area contributed by atoms with E-state index in [2.05, 4.69) is 25.0 Å². The Hall–Kier alpha value is -1.93. The maximum absolute atomic E-state index is 12.0. The van der Waals surface area contributed by atoms with Gasteiger partial charge in [-0.3, -0.25) is 0 Å². The van der Waals surface area contributed by atoms with Gasteiger partial charge in [0.05, 0.1) is 6.54 Å². The van der Waals surface area contributed by atoms with Gasteiger partial charge in [0.2, 0.25) is 10.0 Å². The fourth-order valence-electron chi connectivity index (χ4n) is 1.47. The Morgan fingerprint density at radius 2 is 2.16 bits per heavy atom. The van der Waals surface area contributed by atoms with Gasteiger partial charge >= 0.3 is 0 Å². The van der Waals surface area contributed by atoms with E-state index in [9.17, 15) is 8.42 Å². The first-order chi connectivity index (χ1) is 9.12. The van der Waals surface area contributed by atoms with Crippen LogP contribution in [0.1, 0.15) is 12.7 Å². The molecule has 0 aliphatic rings. The van der Waals surface area contributed by atoms with Crippen LogP contribution in [0.25, 0.3) is 0 Å². The van der Waals surface area contributed by atoms with Crippen molar-refractivity contribution in [2.45, 2.75) is 18.4 Å². The van der Waals surface area contributed by atoms with Crippen molar-refractivity contribution < 1.29 is 8.42 Å². The predicted molar refractivity (Wildman–Crippen MR) is 71.0 cm³/mol. The first kappa shape index (κ1) is 13.5. The van der Waals surface area contributed by atoms with Gasteiger partial charge in [-0.25, -0.2) is 23.1 Å². The molecule has 2 aromatic rings. The standard InChI is InChI=1S/C11H15N5O2S/c1-2-12-10-4-3-9(7-15-10)19(17,18)16-8-11-13-5-6-14-11/h3-7,16H,2,8H2,1H3,(H,12,15)(H,13,14). The summed E-state index contributed by atoms with van der Waals surface area (Å²) in [5.74, 6) is 1.20. The molecule has 0 spiro atoms. The first-order valence-electron chi connectivity index (χ1n) is 5.79. The number of pyridine rings is 1. The average Bonchev–Trinajstić information content (AvgIpc) is 2.91. The number of aromatic nitrogens is 3. The van der Waals surface area contributed by atoms with Crippen LogP contribution in [0.5, 0.6) is 0 Å². The molecule has 0 amide bonds. The van der Waals surface area contributed by atoms with Gasteiger partial charge in [-0.2, -0.15) is 0 Å². The Morgan fingerprint density at radius 3 is 2.74 bits per heavy atom. The summed E-state index contributed by atoms with van der Waals surface area (Å²) in [5.41, 5.74) is 0. The normalized spacial score (nSPS) is 11.4. The summed E-state index contributed by atoms with van der Waals surface area (Å²) in [6.45, 7) is 2.79. The fraction of sp³-hybridized carbons (Fsp3) is 0.273. The lowest BCUT2D eigenvalue weighted by atomic mass is 10.4. The highest BCUT2D eigenvalue weighted by Crippen LogP contribution is 2.10. The molecular weight excluding hydrogens is 266 g/mol. The van der Waals surface area contributed by atoms with E-state index in [4.69, 9.17) is 0 Å². The molecule has 0 bridgehead atoms. The van der Waals surface area contributed by atoms with Crippen LogP contribution in [0.15, 0.2) is 35.6 Å². The highest BCUT2D eigenvalue weighted by atomic mass is 32.2. The van der Waals surface area contributed by atoms with Gasteiger partial charge in [-0.15, -0.1) is 0 Å². The monoisotopic (exact) mass is 281 g/mol. The number of nitrogens with one attached hydrogen (secondary N) is 3. The van der Waals surface area contributed by atoms with Crippen LogP contribution in [0, 0.1) is 0 Å². The second-order valence-electron chi connectivity index (χ2n) is 3.77. The smallest absolute Gasteiger partial charge is 0.242 e. The van der Waals surface area contributed by atoms with Crippen LogP contribution in [0.2, 0.25) is 0 Å². The van der Waals surface area contributed by atoms with Crippen LogP contribution >= 0.6 is 0 Å². The molecule has 0 atom stereocenters. The molecule has 2 aromatic heterocycles. The Bertz CT molecular complexity index is 607. The number of nitrogens with zero attached hydrogens (tertiary/aromatic N) is 2. The summed E-state index contributed by atoms with van der Waals surface area (Å²) >= 11 is 0. The van der Waals surface area contributed by atoms with Crippen molar-refractivity contribution in [1.82, 2.24) is 19.7 Å². The quantitative estimate of drug-likeness (QED) is 0.724. The zero-order chi connectivity index (χ0) is 13.7. The highest BCUT2D eigenvalue weighted by molar-refractivity contribution is 7.89. The number of anilines is 1. The Balaban J connectivity index is 2.06. The molecule has 0 saturated heterocycles. The molecule has 8 heteroatoms. The molecule has 0 aliphatic carbocycles. The lowest BCUT2D eigenvalue weighted by molar-refractivity contribution is 0.579. The topological polar surface area (TPSA) is 99.8 Å². The van der Waals surface area contributed by atoms with Crippen molar-refractivity contribution in [2.24, 2.45) is 0 Å². The van der Waals surface area contributed by atoms with Crippen LogP contribution in [-0.4, -0.2) is 29.9 Å². The number of aromatic amines is 1. The molecule has 0 fully saturated rings. The van der Waals surface area contributed by atoms with Gasteiger partial charge in [-0.05, 0) is 19.1 Å². The van der Waals surface area contributed by atoms with Gasteiger partial charge < -0.3 is 10.3 Å². The molecule has 102 valence electrons. The summed E-state index contributed by atoms with van der Waals surface area (Å²) < 4.78 is 26.4. The van der Waals surface area contributed by atoms with E-state index in [1.165, 1.54) is 12.3 Å². The second-order valence-corrected chi connectivity index (χ2v) is 5.54. The van der Waals surface area contributed by atoms with Gasteiger partial charge in [0, 0.05) is 25.1 Å². The molecule has 19 heavy (non-hydrogen) atoms. The molecule has 2 heterocycles. The van der Waals surface area contributed by atoms with Gasteiger partial charge in [-0.1, -0.05) is 0 Å². The number of imidazole rings is 1. The predicted octanol–water partition coefficient (Wildman–Crippen LogP) is 0.715. The zero-order valence-electron chi connectivity index (χ0n) is 10.4. The lowest BCUT2D eigenvalue weighted by Crippen LogP contribution is -2.24. The second kappa shape index (κ2) is 5.81. The number of sulfonamides is 1. The third kappa shape index (κ3) is 3.52. The Labute approximate surface area is 111 Å². The lowest BCUT2D eigenvalue weighted by Gasteiger charge is -2.06. The van der Waals surface area contributed by atoms with Gasteiger partial charge in [0.1, 0.15) is 16.5 Å². The van der Waals surface area contributed by atoms with Gasteiger partial charge in [0.15, 0.2) is 0 Å². The maximum atomic E-state index is 12.0. The SMILES string of the molecule is CCNc1ccc(S(=O)(=O)NCc2ncc[nH]2)cn1. The van der Waals surface area contributed by atoms with Crippen molar-refractivity contribution in [2.75, 3.05) is 11.9 Å². The highest BCUT2D eigenvalue weighted by Gasteiger charge is 2.14. The van der Waals surface area contributed by atoms with E-state index in [0.29, 0.717) is 11.6 Å². The van der Waals surface area contributed by atoms with Crippen LogP contribution < -0.4 is 10.0 Å². The van der Waals surface area contributed by atoms with Crippen LogP contribution in [-0.2, 0) is 16.6 Å². The molecule has 2 rings (SSSR count). The molecule has 0 radical (unpaired) electrons. The molecule has 0 saturated carbocycles. The van der Waals surface area contributed by atoms with E-state index in [-0.39, 0.29) is 11.4 Å². The Kier molecular flexibility index (Phi) is 4.13. The molecule has 0 aromatic carbocycles. The molecule has 0 unspecified atom stereocenters. The van der Waals surface area contributed by atoms with E-state index < -0.39 is 10.0 Å². The minimum atomic E-state index is -3.57. The van der Waals surface area contributed by atoms with Gasteiger partial charge in [0.25, 0.3) is 0 Å². The molecule has 7 nitrogen and oxygen atoms in total.